The van der Waals surface area contributed by atoms with Gasteiger partial charge in [-0.1, -0.05) is 11.6 Å². The SMILES string of the molecule is CN(CC1CC(O)C1)S(=O)(=O)c1cnccc1Cl. The molecule has 0 atom stereocenters. The van der Waals surface area contributed by atoms with Gasteiger partial charge < -0.3 is 5.11 Å². The van der Waals surface area contributed by atoms with Crippen molar-refractivity contribution in [3.63, 3.8) is 0 Å². The zero-order valence-corrected chi connectivity index (χ0v) is 11.5. The largest absolute Gasteiger partial charge is 0.393 e. The number of halogens is 1. The average Bonchev–Trinajstić information content (AvgIpc) is 2.27. The monoisotopic (exact) mass is 290 g/mol. The van der Waals surface area contributed by atoms with Crippen molar-refractivity contribution >= 4 is 21.6 Å². The van der Waals surface area contributed by atoms with Crippen LogP contribution >= 0.6 is 11.6 Å². The fraction of sp³-hybridized carbons (Fsp3) is 0.545. The molecule has 1 aliphatic rings. The van der Waals surface area contributed by atoms with Crippen molar-refractivity contribution in [1.82, 2.24) is 9.29 Å². The first-order chi connectivity index (χ1) is 8.41. The molecule has 7 heteroatoms. The highest BCUT2D eigenvalue weighted by molar-refractivity contribution is 7.89. The fourth-order valence-corrected chi connectivity index (χ4v) is 3.68. The summed E-state index contributed by atoms with van der Waals surface area (Å²) in [6.07, 6.45) is 3.72. The third kappa shape index (κ3) is 2.66. The van der Waals surface area contributed by atoms with Crippen molar-refractivity contribution in [2.24, 2.45) is 5.92 Å². The molecule has 0 bridgehead atoms. The Morgan fingerprint density at radius 2 is 2.22 bits per heavy atom. The molecule has 2 rings (SSSR count). The molecular formula is C11H15ClN2O3S. The van der Waals surface area contributed by atoms with Gasteiger partial charge in [-0.25, -0.2) is 12.7 Å². The van der Waals surface area contributed by atoms with E-state index in [9.17, 15) is 13.5 Å². The molecule has 0 radical (unpaired) electrons. The van der Waals surface area contributed by atoms with Crippen LogP contribution < -0.4 is 0 Å². The summed E-state index contributed by atoms with van der Waals surface area (Å²) in [6, 6.07) is 1.45. The Morgan fingerprint density at radius 1 is 1.56 bits per heavy atom. The van der Waals surface area contributed by atoms with Crippen LogP contribution in [0.5, 0.6) is 0 Å². The molecule has 0 saturated heterocycles. The first kappa shape index (κ1) is 13.7. The summed E-state index contributed by atoms with van der Waals surface area (Å²) in [5, 5.41) is 9.37. The van der Waals surface area contributed by atoms with Crippen molar-refractivity contribution in [1.29, 1.82) is 0 Å². The number of nitrogens with zero attached hydrogens (tertiary/aromatic N) is 2. The van der Waals surface area contributed by atoms with Gasteiger partial charge in [0.2, 0.25) is 10.0 Å². The van der Waals surface area contributed by atoms with E-state index in [0.717, 1.165) is 0 Å². The minimum Gasteiger partial charge on any atom is -0.393 e. The second kappa shape index (κ2) is 5.13. The van der Waals surface area contributed by atoms with Crippen LogP contribution in [0.1, 0.15) is 12.8 Å². The molecule has 0 unspecified atom stereocenters. The van der Waals surface area contributed by atoms with Gasteiger partial charge in [0, 0.05) is 26.0 Å². The van der Waals surface area contributed by atoms with Crippen molar-refractivity contribution in [3.05, 3.63) is 23.5 Å². The van der Waals surface area contributed by atoms with E-state index >= 15 is 0 Å². The third-order valence-electron chi connectivity index (χ3n) is 3.15. The topological polar surface area (TPSA) is 70.5 Å². The number of hydrogen-bond donors (Lipinski definition) is 1. The Kier molecular flexibility index (Phi) is 3.91. The highest BCUT2D eigenvalue weighted by atomic mass is 35.5. The summed E-state index contributed by atoms with van der Waals surface area (Å²) in [6.45, 7) is 0.393. The van der Waals surface area contributed by atoms with Gasteiger partial charge in [-0.3, -0.25) is 4.98 Å². The maximum absolute atomic E-state index is 12.2. The zero-order valence-electron chi connectivity index (χ0n) is 9.95. The van der Waals surface area contributed by atoms with Gasteiger partial charge in [-0.2, -0.15) is 0 Å². The fourth-order valence-electron chi connectivity index (χ4n) is 2.03. The minimum absolute atomic E-state index is 0.0223. The van der Waals surface area contributed by atoms with E-state index in [4.69, 9.17) is 11.6 Å². The second-order valence-electron chi connectivity index (χ2n) is 4.58. The maximum Gasteiger partial charge on any atom is 0.245 e. The Hall–Kier alpha value is -0.690. The van der Waals surface area contributed by atoms with E-state index in [1.54, 1.807) is 0 Å². The molecular weight excluding hydrogens is 276 g/mol. The molecule has 0 amide bonds. The Morgan fingerprint density at radius 3 is 2.78 bits per heavy atom. The summed E-state index contributed by atoms with van der Waals surface area (Å²) in [5.41, 5.74) is 0. The van der Waals surface area contributed by atoms with Gasteiger partial charge in [0.15, 0.2) is 0 Å². The Balaban J connectivity index is 2.13. The van der Waals surface area contributed by atoms with Crippen molar-refractivity contribution in [3.8, 4) is 0 Å². The number of aliphatic hydroxyl groups excluding tert-OH is 1. The molecule has 0 aromatic carbocycles. The molecule has 1 aromatic rings. The van der Waals surface area contributed by atoms with E-state index in [1.807, 2.05) is 0 Å². The predicted molar refractivity (Wildman–Crippen MR) is 67.8 cm³/mol. The lowest BCUT2D eigenvalue weighted by Gasteiger charge is -2.34. The first-order valence-corrected chi connectivity index (χ1v) is 7.47. The van der Waals surface area contributed by atoms with Crippen LogP contribution in [0, 0.1) is 5.92 Å². The van der Waals surface area contributed by atoms with Crippen molar-refractivity contribution < 1.29 is 13.5 Å². The van der Waals surface area contributed by atoms with Gasteiger partial charge in [0.25, 0.3) is 0 Å². The number of hydrogen-bond acceptors (Lipinski definition) is 4. The van der Waals surface area contributed by atoms with E-state index in [0.29, 0.717) is 19.4 Å². The second-order valence-corrected chi connectivity index (χ2v) is 7.00. The van der Waals surface area contributed by atoms with Gasteiger partial charge in [0.1, 0.15) is 4.90 Å². The molecule has 1 aliphatic carbocycles. The van der Waals surface area contributed by atoms with Gasteiger partial charge >= 0.3 is 0 Å². The van der Waals surface area contributed by atoms with E-state index < -0.39 is 10.0 Å². The molecule has 1 saturated carbocycles. The van der Waals surface area contributed by atoms with Crippen LogP contribution in [-0.2, 0) is 10.0 Å². The van der Waals surface area contributed by atoms with Crippen LogP contribution in [0.4, 0.5) is 0 Å². The van der Waals surface area contributed by atoms with E-state index in [1.165, 1.54) is 29.8 Å². The standard InChI is InChI=1S/C11H15ClN2O3S/c1-14(7-8-4-9(15)5-8)18(16,17)11-6-13-3-2-10(11)12/h2-3,6,8-9,15H,4-5,7H2,1H3. The lowest BCUT2D eigenvalue weighted by Crippen LogP contribution is -2.39. The first-order valence-electron chi connectivity index (χ1n) is 5.65. The zero-order chi connectivity index (χ0) is 13.3. The van der Waals surface area contributed by atoms with Crippen LogP contribution in [0.2, 0.25) is 5.02 Å². The quantitative estimate of drug-likeness (QED) is 0.902. The molecule has 1 N–H and O–H groups in total. The van der Waals surface area contributed by atoms with Crippen LogP contribution in [-0.4, -0.2) is 42.5 Å². The molecule has 100 valence electrons. The number of pyridine rings is 1. The number of aliphatic hydroxyl groups is 1. The summed E-state index contributed by atoms with van der Waals surface area (Å²) in [7, 11) is -2.08. The molecule has 18 heavy (non-hydrogen) atoms. The van der Waals surface area contributed by atoms with Crippen LogP contribution in [0.25, 0.3) is 0 Å². The summed E-state index contributed by atoms with van der Waals surface area (Å²) in [5.74, 6) is 0.218. The highest BCUT2D eigenvalue weighted by Gasteiger charge is 2.32. The maximum atomic E-state index is 12.2. The molecule has 1 aromatic heterocycles. The van der Waals surface area contributed by atoms with Crippen LogP contribution in [0.3, 0.4) is 0 Å². The average molecular weight is 291 g/mol. The lowest BCUT2D eigenvalue weighted by atomic mass is 9.82. The molecule has 0 aliphatic heterocycles. The van der Waals surface area contributed by atoms with Gasteiger partial charge in [-0.05, 0) is 24.8 Å². The van der Waals surface area contributed by atoms with Gasteiger partial charge in [-0.15, -0.1) is 0 Å². The van der Waals surface area contributed by atoms with E-state index in [2.05, 4.69) is 4.98 Å². The van der Waals surface area contributed by atoms with Crippen molar-refractivity contribution in [2.75, 3.05) is 13.6 Å². The molecule has 1 fully saturated rings. The molecule has 5 nitrogen and oxygen atoms in total. The normalized spacial score (nSPS) is 24.0. The summed E-state index contributed by atoms with van der Waals surface area (Å²) in [4.78, 5) is 3.81. The Labute approximate surface area is 111 Å². The number of aromatic nitrogens is 1. The van der Waals surface area contributed by atoms with Crippen molar-refractivity contribution in [2.45, 2.75) is 23.8 Å². The molecule has 0 spiro atoms. The van der Waals surface area contributed by atoms with E-state index in [-0.39, 0.29) is 21.9 Å². The summed E-state index contributed by atoms with van der Waals surface area (Å²) >= 11 is 5.87. The number of rotatable bonds is 4. The summed E-state index contributed by atoms with van der Waals surface area (Å²) < 4.78 is 25.8. The minimum atomic E-state index is -3.60. The third-order valence-corrected chi connectivity index (χ3v) is 5.44. The van der Waals surface area contributed by atoms with Gasteiger partial charge in [0.05, 0.1) is 11.1 Å². The Bertz CT molecular complexity index is 529. The molecule has 1 heterocycles. The lowest BCUT2D eigenvalue weighted by molar-refractivity contribution is 0.0367. The number of sulfonamides is 1. The predicted octanol–water partition coefficient (Wildman–Crippen LogP) is 1.13. The highest BCUT2D eigenvalue weighted by Crippen LogP contribution is 2.30. The van der Waals surface area contributed by atoms with Crippen LogP contribution in [0.15, 0.2) is 23.4 Å². The smallest absolute Gasteiger partial charge is 0.245 e.